The number of carbonyl (C=O) groups excluding carboxylic acids is 4. The van der Waals surface area contributed by atoms with E-state index in [9.17, 15) is 36.7 Å². The summed E-state index contributed by atoms with van der Waals surface area (Å²) < 4.78 is 62.2. The quantitative estimate of drug-likeness (QED) is 0.134. The number of halogens is 4. The van der Waals surface area contributed by atoms with E-state index in [0.717, 1.165) is 25.3 Å². The number of Topliss-reactive ketones (excluding diaryl/α,β-unsaturated/α-hetero) is 3. The Bertz CT molecular complexity index is 1810. The maximum Gasteiger partial charge on any atom is 0.418 e. The SMILES string of the molecule is CCC(C)[C@@H](CC(=O)CC1CCOCC1)CC(=O)[C@@]1(NC(=O)[C@@H](CC(=O)Cc2ccccc2F)C(C)CC)CCc2[nH]c3c(C(F)(F)F)cccc3c2C1. The summed E-state index contributed by atoms with van der Waals surface area (Å²) in [7, 11) is 0. The topological polar surface area (TPSA) is 105 Å². The van der Waals surface area contributed by atoms with Crippen LogP contribution in [-0.2, 0) is 49.4 Å². The van der Waals surface area contributed by atoms with Gasteiger partial charge in [0.2, 0.25) is 5.91 Å². The molecule has 2 aliphatic rings. The molecule has 0 spiro atoms. The predicted molar refractivity (Wildman–Crippen MR) is 199 cm³/mol. The maximum absolute atomic E-state index is 14.9. The van der Waals surface area contributed by atoms with E-state index in [-0.39, 0.29) is 97.0 Å². The van der Waals surface area contributed by atoms with Crippen molar-refractivity contribution < 1.29 is 41.5 Å². The molecule has 11 heteroatoms. The van der Waals surface area contributed by atoms with Crippen molar-refractivity contribution in [2.45, 2.75) is 116 Å². The number of H-pyrrole nitrogens is 1. The standard InChI is InChI=1S/C43H54F4N2O5/c1-5-26(3)30(22-31(50)20-28-15-18-54-19-16-28)23-39(52)42(17-14-38-35(25-42)33-11-9-12-36(40(33)48-38)43(45,46)47)49-41(53)34(27(4)6-2)24-32(51)21-29-10-7-8-13-37(29)44/h7-13,26-28,30,34,48H,5-6,14-25H2,1-4H3,(H,49,53)/t26?,27?,30-,34-,42+/m0/s1. The van der Waals surface area contributed by atoms with Crippen LogP contribution in [-0.4, -0.2) is 47.0 Å². The second-order valence-corrected chi connectivity index (χ2v) is 15.8. The fraction of sp³-hybridized carbons (Fsp3) is 0.581. The molecule has 2 aromatic carbocycles. The summed E-state index contributed by atoms with van der Waals surface area (Å²) in [5.41, 5.74) is -0.983. The Kier molecular flexibility index (Phi) is 13.6. The molecule has 3 aromatic rings. The molecule has 7 nitrogen and oxygen atoms in total. The molecular formula is C43H54F4N2O5. The van der Waals surface area contributed by atoms with Crippen molar-refractivity contribution in [3.05, 3.63) is 70.7 Å². The van der Waals surface area contributed by atoms with E-state index in [2.05, 4.69) is 10.3 Å². The zero-order valence-electron chi connectivity index (χ0n) is 31.9. The lowest BCUT2D eigenvalue weighted by atomic mass is 9.71. The van der Waals surface area contributed by atoms with Gasteiger partial charge in [0.05, 0.1) is 11.1 Å². The number of hydrogen-bond acceptors (Lipinski definition) is 5. The van der Waals surface area contributed by atoms with Crippen molar-refractivity contribution in [1.29, 1.82) is 0 Å². The summed E-state index contributed by atoms with van der Waals surface area (Å²) in [6.45, 7) is 9.03. The van der Waals surface area contributed by atoms with E-state index in [1.54, 1.807) is 12.1 Å². The molecular weight excluding hydrogens is 700 g/mol. The van der Waals surface area contributed by atoms with Crippen molar-refractivity contribution >= 4 is 34.2 Å². The molecule has 1 fully saturated rings. The summed E-state index contributed by atoms with van der Waals surface area (Å²) in [6, 6.07) is 9.96. The molecule has 1 aliphatic carbocycles. The number of aromatic amines is 1. The third-order valence-electron chi connectivity index (χ3n) is 12.2. The van der Waals surface area contributed by atoms with Gasteiger partial charge in [0, 0.05) is 68.7 Å². The molecule has 2 heterocycles. The molecule has 294 valence electrons. The van der Waals surface area contributed by atoms with Crippen LogP contribution in [0.25, 0.3) is 10.9 Å². The van der Waals surface area contributed by atoms with Crippen LogP contribution in [0.2, 0.25) is 0 Å². The van der Waals surface area contributed by atoms with E-state index in [1.165, 1.54) is 24.3 Å². The molecule has 1 aliphatic heterocycles. The lowest BCUT2D eigenvalue weighted by molar-refractivity contribution is -0.138. The number of nitrogens with one attached hydrogen (secondary N) is 2. The van der Waals surface area contributed by atoms with E-state index in [0.29, 0.717) is 42.7 Å². The van der Waals surface area contributed by atoms with Crippen LogP contribution in [0.3, 0.4) is 0 Å². The number of carbonyl (C=O) groups is 4. The molecule has 0 saturated carbocycles. The van der Waals surface area contributed by atoms with Gasteiger partial charge in [-0.05, 0) is 72.6 Å². The maximum atomic E-state index is 14.9. The molecule has 5 atom stereocenters. The van der Waals surface area contributed by atoms with E-state index >= 15 is 0 Å². The van der Waals surface area contributed by atoms with E-state index < -0.39 is 34.9 Å². The highest BCUT2D eigenvalue weighted by Crippen LogP contribution is 2.41. The number of para-hydroxylation sites is 1. The summed E-state index contributed by atoms with van der Waals surface area (Å²) in [5, 5.41) is 3.44. The Morgan fingerprint density at radius 1 is 0.926 bits per heavy atom. The molecule has 54 heavy (non-hydrogen) atoms. The highest BCUT2D eigenvalue weighted by Gasteiger charge is 2.46. The summed E-state index contributed by atoms with van der Waals surface area (Å²) in [5.74, 6) is -2.62. The van der Waals surface area contributed by atoms with Gasteiger partial charge >= 0.3 is 6.18 Å². The summed E-state index contributed by atoms with van der Waals surface area (Å²) in [6.07, 6.45) is -1.06. The second kappa shape index (κ2) is 17.7. The van der Waals surface area contributed by atoms with Gasteiger partial charge < -0.3 is 15.0 Å². The van der Waals surface area contributed by atoms with Gasteiger partial charge in [-0.25, -0.2) is 4.39 Å². The number of benzene rings is 2. The number of ether oxygens (including phenoxy) is 1. The molecule has 5 rings (SSSR count). The summed E-state index contributed by atoms with van der Waals surface area (Å²) in [4.78, 5) is 59.1. The number of fused-ring (bicyclic) bond motifs is 3. The van der Waals surface area contributed by atoms with Crippen molar-refractivity contribution in [2.75, 3.05) is 13.2 Å². The summed E-state index contributed by atoms with van der Waals surface area (Å²) >= 11 is 0. The third-order valence-corrected chi connectivity index (χ3v) is 12.2. The first-order chi connectivity index (χ1) is 25.7. The van der Waals surface area contributed by atoms with Crippen LogP contribution in [0, 0.1) is 35.4 Å². The number of alkyl halides is 3. The first kappa shape index (κ1) is 41.3. The molecule has 2 unspecified atom stereocenters. The van der Waals surface area contributed by atoms with Crippen LogP contribution in [0.4, 0.5) is 17.6 Å². The fourth-order valence-electron chi connectivity index (χ4n) is 8.35. The van der Waals surface area contributed by atoms with Crippen LogP contribution in [0.15, 0.2) is 42.5 Å². The molecule has 0 bridgehead atoms. The highest BCUT2D eigenvalue weighted by atomic mass is 19.4. The molecule has 1 amide bonds. The van der Waals surface area contributed by atoms with Crippen molar-refractivity contribution in [2.24, 2.45) is 29.6 Å². The zero-order chi connectivity index (χ0) is 39.2. The zero-order valence-corrected chi connectivity index (χ0v) is 31.9. The molecule has 1 aromatic heterocycles. The van der Waals surface area contributed by atoms with E-state index in [4.69, 9.17) is 4.74 Å². The lowest BCUT2D eigenvalue weighted by Gasteiger charge is -2.40. The highest BCUT2D eigenvalue weighted by molar-refractivity contribution is 5.97. The van der Waals surface area contributed by atoms with Gasteiger partial charge in [-0.2, -0.15) is 13.2 Å². The average Bonchev–Trinajstić information content (AvgIpc) is 3.51. The number of amides is 1. The van der Waals surface area contributed by atoms with Gasteiger partial charge in [0.1, 0.15) is 22.9 Å². The number of aryl methyl sites for hydroxylation is 1. The van der Waals surface area contributed by atoms with Gasteiger partial charge in [0.25, 0.3) is 0 Å². The Morgan fingerprint density at radius 3 is 2.30 bits per heavy atom. The van der Waals surface area contributed by atoms with Crippen molar-refractivity contribution in [3.8, 4) is 0 Å². The van der Waals surface area contributed by atoms with Crippen LogP contribution >= 0.6 is 0 Å². The van der Waals surface area contributed by atoms with Gasteiger partial charge in [-0.1, -0.05) is 70.9 Å². The number of aromatic nitrogens is 1. The predicted octanol–water partition coefficient (Wildman–Crippen LogP) is 8.93. The third kappa shape index (κ3) is 9.68. The Labute approximate surface area is 315 Å². The van der Waals surface area contributed by atoms with Crippen molar-refractivity contribution in [1.82, 2.24) is 10.3 Å². The number of ketones is 3. The minimum absolute atomic E-state index is 0.0144. The van der Waals surface area contributed by atoms with Gasteiger partial charge in [0.15, 0.2) is 5.78 Å². The van der Waals surface area contributed by atoms with Crippen molar-refractivity contribution in [3.63, 3.8) is 0 Å². The Hall–Kier alpha value is -3.86. The first-order valence-electron chi connectivity index (χ1n) is 19.5. The monoisotopic (exact) mass is 754 g/mol. The minimum atomic E-state index is -4.60. The minimum Gasteiger partial charge on any atom is -0.381 e. The average molecular weight is 755 g/mol. The normalized spacial score (nSPS) is 20.1. The van der Waals surface area contributed by atoms with Crippen LogP contribution in [0.5, 0.6) is 0 Å². The van der Waals surface area contributed by atoms with Crippen LogP contribution < -0.4 is 5.32 Å². The number of hydrogen-bond donors (Lipinski definition) is 2. The smallest absolute Gasteiger partial charge is 0.381 e. The van der Waals surface area contributed by atoms with Gasteiger partial charge in [-0.15, -0.1) is 0 Å². The molecule has 1 saturated heterocycles. The lowest BCUT2D eigenvalue weighted by Crippen LogP contribution is -2.60. The molecule has 0 radical (unpaired) electrons. The second-order valence-electron chi connectivity index (χ2n) is 15.8. The number of rotatable bonds is 17. The Morgan fingerprint density at radius 2 is 1.63 bits per heavy atom. The largest absolute Gasteiger partial charge is 0.418 e. The van der Waals surface area contributed by atoms with Crippen LogP contribution in [0.1, 0.15) is 108 Å². The van der Waals surface area contributed by atoms with Gasteiger partial charge in [-0.3, -0.25) is 19.2 Å². The van der Waals surface area contributed by atoms with E-state index in [1.807, 2.05) is 27.7 Å². The molecule has 2 N–H and O–H groups in total. The fourth-order valence-corrected chi connectivity index (χ4v) is 8.35. The first-order valence-corrected chi connectivity index (χ1v) is 19.5. The Balaban J connectivity index is 1.47.